The molecule has 3 aromatic rings. The van der Waals surface area contributed by atoms with Gasteiger partial charge in [0, 0.05) is 22.2 Å². The first-order valence-corrected chi connectivity index (χ1v) is 9.82. The summed E-state index contributed by atoms with van der Waals surface area (Å²) in [5.41, 5.74) is 1.42. The van der Waals surface area contributed by atoms with Gasteiger partial charge in [0.1, 0.15) is 5.82 Å². The van der Waals surface area contributed by atoms with Crippen molar-refractivity contribution in [2.45, 2.75) is 19.4 Å². The topological polar surface area (TPSA) is 71.3 Å². The highest BCUT2D eigenvalue weighted by Gasteiger charge is 2.26. The van der Waals surface area contributed by atoms with Crippen molar-refractivity contribution in [2.24, 2.45) is 5.92 Å². The number of anilines is 1. The number of likely N-dealkylation sites (tertiary alicyclic amines) is 1. The molecule has 1 aromatic heterocycles. The summed E-state index contributed by atoms with van der Waals surface area (Å²) >= 11 is 6.01. The number of amides is 1. The fourth-order valence-electron chi connectivity index (χ4n) is 3.39. The minimum Gasteiger partial charge on any atom is -0.338 e. The average molecular weight is 415 g/mol. The Morgan fingerprint density at radius 1 is 1.21 bits per heavy atom. The van der Waals surface area contributed by atoms with E-state index < -0.39 is 0 Å². The quantitative estimate of drug-likeness (QED) is 0.670. The molecule has 6 nitrogen and oxygen atoms in total. The number of benzene rings is 2. The monoisotopic (exact) mass is 414 g/mol. The van der Waals surface area contributed by atoms with Crippen LogP contribution in [0.3, 0.4) is 0 Å². The molecule has 1 saturated heterocycles. The lowest BCUT2D eigenvalue weighted by atomic mass is 9.96. The van der Waals surface area contributed by atoms with Gasteiger partial charge in [-0.1, -0.05) is 28.9 Å². The Bertz CT molecular complexity index is 984. The van der Waals surface area contributed by atoms with E-state index in [9.17, 15) is 9.18 Å². The first-order chi connectivity index (χ1) is 14.1. The van der Waals surface area contributed by atoms with Crippen molar-refractivity contribution in [3.05, 3.63) is 65.3 Å². The van der Waals surface area contributed by atoms with E-state index in [1.807, 2.05) is 12.1 Å². The van der Waals surface area contributed by atoms with Gasteiger partial charge >= 0.3 is 0 Å². The predicted octanol–water partition coefficient (Wildman–Crippen LogP) is 4.38. The number of carbonyl (C=O) groups excluding carboxylic acids is 1. The van der Waals surface area contributed by atoms with Crippen molar-refractivity contribution in [2.75, 3.05) is 18.4 Å². The number of hydrogen-bond acceptors (Lipinski definition) is 5. The van der Waals surface area contributed by atoms with Gasteiger partial charge in [0.2, 0.25) is 17.6 Å². The highest BCUT2D eigenvalue weighted by molar-refractivity contribution is 6.30. The molecular formula is C21H20ClFN4O2. The highest BCUT2D eigenvalue weighted by Crippen LogP contribution is 2.23. The standard InChI is InChI=1S/C21H20ClFN4O2/c22-16-3-1-2-15(12-16)20-25-19(29-26-20)13-27-10-8-14(9-11-27)21(28)24-18-6-4-17(23)5-7-18/h1-7,12,14H,8-11,13H2,(H,24,28). The minimum absolute atomic E-state index is 0.0303. The van der Waals surface area contributed by atoms with Crippen LogP contribution in [0.25, 0.3) is 11.4 Å². The van der Waals surface area contributed by atoms with Gasteiger partial charge in [-0.05, 0) is 62.3 Å². The number of aromatic nitrogens is 2. The summed E-state index contributed by atoms with van der Waals surface area (Å²) in [5.74, 6) is 0.624. The zero-order valence-electron chi connectivity index (χ0n) is 15.6. The predicted molar refractivity (Wildman–Crippen MR) is 108 cm³/mol. The number of rotatable bonds is 5. The summed E-state index contributed by atoms with van der Waals surface area (Å²) in [5, 5.41) is 7.50. The third kappa shape index (κ3) is 4.99. The van der Waals surface area contributed by atoms with Crippen molar-refractivity contribution in [3.8, 4) is 11.4 Å². The second kappa shape index (κ2) is 8.71. The second-order valence-electron chi connectivity index (χ2n) is 7.07. The smallest absolute Gasteiger partial charge is 0.241 e. The molecule has 1 fully saturated rings. The summed E-state index contributed by atoms with van der Waals surface area (Å²) in [6, 6.07) is 13.1. The van der Waals surface area contributed by atoms with Crippen molar-refractivity contribution in [1.82, 2.24) is 15.0 Å². The fourth-order valence-corrected chi connectivity index (χ4v) is 3.58. The van der Waals surface area contributed by atoms with Gasteiger partial charge in [0.05, 0.1) is 6.54 Å². The molecule has 2 heterocycles. The van der Waals surface area contributed by atoms with Gasteiger partial charge in [0.25, 0.3) is 0 Å². The van der Waals surface area contributed by atoms with E-state index >= 15 is 0 Å². The van der Waals surface area contributed by atoms with Gasteiger partial charge in [-0.2, -0.15) is 4.98 Å². The molecule has 0 aliphatic carbocycles. The summed E-state index contributed by atoms with van der Waals surface area (Å²) in [4.78, 5) is 19.1. The van der Waals surface area contributed by atoms with E-state index in [-0.39, 0.29) is 17.6 Å². The molecule has 0 radical (unpaired) electrons. The van der Waals surface area contributed by atoms with Gasteiger partial charge in [-0.3, -0.25) is 9.69 Å². The zero-order valence-corrected chi connectivity index (χ0v) is 16.4. The molecule has 0 spiro atoms. The molecule has 2 aromatic carbocycles. The molecule has 0 atom stereocenters. The maximum Gasteiger partial charge on any atom is 0.241 e. The molecule has 0 bridgehead atoms. The Labute approximate surface area is 172 Å². The summed E-state index contributed by atoms with van der Waals surface area (Å²) in [6.45, 7) is 2.06. The normalized spacial score (nSPS) is 15.4. The largest absolute Gasteiger partial charge is 0.338 e. The lowest BCUT2D eigenvalue weighted by Crippen LogP contribution is -2.37. The van der Waals surface area contributed by atoms with E-state index in [1.165, 1.54) is 12.1 Å². The van der Waals surface area contributed by atoms with Crippen molar-refractivity contribution in [1.29, 1.82) is 0 Å². The van der Waals surface area contributed by atoms with E-state index in [4.69, 9.17) is 16.1 Å². The summed E-state index contributed by atoms with van der Waals surface area (Å²) in [7, 11) is 0. The van der Waals surface area contributed by atoms with Gasteiger partial charge < -0.3 is 9.84 Å². The highest BCUT2D eigenvalue weighted by atomic mass is 35.5. The summed E-state index contributed by atoms with van der Waals surface area (Å²) in [6.07, 6.45) is 1.48. The van der Waals surface area contributed by atoms with Gasteiger partial charge in [0.15, 0.2) is 0 Å². The van der Waals surface area contributed by atoms with Crippen LogP contribution in [0.5, 0.6) is 0 Å². The van der Waals surface area contributed by atoms with Crippen LogP contribution in [-0.2, 0) is 11.3 Å². The zero-order chi connectivity index (χ0) is 20.2. The average Bonchev–Trinajstić information content (AvgIpc) is 3.19. The lowest BCUT2D eigenvalue weighted by Gasteiger charge is -2.30. The Morgan fingerprint density at radius 3 is 2.69 bits per heavy atom. The molecule has 1 N–H and O–H groups in total. The number of carbonyl (C=O) groups is 1. The minimum atomic E-state index is -0.323. The SMILES string of the molecule is O=C(Nc1ccc(F)cc1)C1CCN(Cc2nc(-c3cccc(Cl)c3)no2)CC1. The van der Waals surface area contributed by atoms with Crippen LogP contribution in [0.2, 0.25) is 5.02 Å². The number of nitrogens with zero attached hydrogens (tertiary/aromatic N) is 3. The molecule has 8 heteroatoms. The Balaban J connectivity index is 1.29. The van der Waals surface area contributed by atoms with Crippen LogP contribution < -0.4 is 5.32 Å². The van der Waals surface area contributed by atoms with Gasteiger partial charge in [-0.25, -0.2) is 4.39 Å². The Morgan fingerprint density at radius 2 is 1.97 bits per heavy atom. The number of halogens is 2. The molecule has 0 unspecified atom stereocenters. The Kier molecular flexibility index (Phi) is 5.87. The first kappa shape index (κ1) is 19.5. The third-order valence-electron chi connectivity index (χ3n) is 4.98. The van der Waals surface area contributed by atoms with Crippen LogP contribution in [-0.4, -0.2) is 34.0 Å². The van der Waals surface area contributed by atoms with Crippen LogP contribution in [0.15, 0.2) is 53.1 Å². The van der Waals surface area contributed by atoms with E-state index in [2.05, 4.69) is 20.4 Å². The van der Waals surface area contributed by atoms with E-state index in [0.29, 0.717) is 29.0 Å². The molecule has 1 aliphatic heterocycles. The second-order valence-corrected chi connectivity index (χ2v) is 7.51. The number of piperidine rings is 1. The molecule has 1 amide bonds. The number of nitrogens with one attached hydrogen (secondary N) is 1. The van der Waals surface area contributed by atoms with Crippen molar-refractivity contribution >= 4 is 23.2 Å². The van der Waals surface area contributed by atoms with E-state index in [0.717, 1.165) is 31.5 Å². The van der Waals surface area contributed by atoms with Crippen molar-refractivity contribution in [3.63, 3.8) is 0 Å². The van der Waals surface area contributed by atoms with Crippen LogP contribution in [0, 0.1) is 11.7 Å². The molecule has 1 aliphatic rings. The lowest BCUT2D eigenvalue weighted by molar-refractivity contribution is -0.121. The van der Waals surface area contributed by atoms with Crippen LogP contribution in [0.4, 0.5) is 10.1 Å². The number of hydrogen-bond donors (Lipinski definition) is 1. The summed E-state index contributed by atoms with van der Waals surface area (Å²) < 4.78 is 18.3. The molecular weight excluding hydrogens is 395 g/mol. The fraction of sp³-hybridized carbons (Fsp3) is 0.286. The maximum absolute atomic E-state index is 13.0. The molecule has 4 rings (SSSR count). The van der Waals surface area contributed by atoms with E-state index in [1.54, 1.807) is 24.3 Å². The maximum atomic E-state index is 13.0. The third-order valence-corrected chi connectivity index (χ3v) is 5.21. The van der Waals surface area contributed by atoms with Gasteiger partial charge in [-0.15, -0.1) is 0 Å². The first-order valence-electron chi connectivity index (χ1n) is 9.44. The molecule has 29 heavy (non-hydrogen) atoms. The van der Waals surface area contributed by atoms with Crippen LogP contribution >= 0.6 is 11.6 Å². The molecule has 150 valence electrons. The Hall–Kier alpha value is -2.77. The van der Waals surface area contributed by atoms with Crippen LogP contribution in [0.1, 0.15) is 18.7 Å². The van der Waals surface area contributed by atoms with Crippen molar-refractivity contribution < 1.29 is 13.7 Å². The molecule has 0 saturated carbocycles.